The summed E-state index contributed by atoms with van der Waals surface area (Å²) in [5, 5.41) is 4.73. The largest absolute Gasteiger partial charge is 0.389 e. The summed E-state index contributed by atoms with van der Waals surface area (Å²) in [5.74, 6) is 0.274. The number of hydrogen-bond donors (Lipinski definition) is 0. The first-order valence-electron chi connectivity index (χ1n) is 11.5. The Morgan fingerprint density at radius 1 is 1.24 bits per heavy atom. The number of halogens is 3. The Bertz CT molecular complexity index is 869. The minimum Gasteiger partial charge on any atom is -0.308 e. The smallest absolute Gasteiger partial charge is 0.308 e. The van der Waals surface area contributed by atoms with Crippen LogP contribution in [0.15, 0.2) is 30.7 Å². The third-order valence-electron chi connectivity index (χ3n) is 5.59. The molecule has 6 nitrogen and oxygen atoms in total. The highest BCUT2D eigenvalue weighted by molar-refractivity contribution is 7.99. The summed E-state index contributed by atoms with van der Waals surface area (Å²) in [6.07, 6.45) is 4.47. The quantitative estimate of drug-likeness (QED) is 0.409. The second kappa shape index (κ2) is 12.4. The number of likely N-dealkylation sites (tertiary alicyclic amines) is 1. The average Bonchev–Trinajstić information content (AvgIpc) is 3.44. The van der Waals surface area contributed by atoms with Crippen LogP contribution in [0.1, 0.15) is 44.7 Å². The van der Waals surface area contributed by atoms with Gasteiger partial charge in [0, 0.05) is 37.2 Å². The number of amides is 1. The minimum atomic E-state index is -4.16. The van der Waals surface area contributed by atoms with E-state index in [1.54, 1.807) is 22.0 Å². The van der Waals surface area contributed by atoms with Crippen molar-refractivity contribution in [2.45, 2.75) is 51.6 Å². The Hall–Kier alpha value is -2.07. The van der Waals surface area contributed by atoms with E-state index in [1.807, 2.05) is 18.3 Å². The van der Waals surface area contributed by atoms with Crippen LogP contribution >= 0.6 is 11.8 Å². The number of aromatic nitrogens is 3. The molecule has 0 saturated carbocycles. The predicted molar refractivity (Wildman–Crippen MR) is 126 cm³/mol. The summed E-state index contributed by atoms with van der Waals surface area (Å²) < 4.78 is 38.9. The standard InChI is InChI=1S/C23H32F3N5OS/c1-2-6-20-21(18-31(28-20)19-7-5-10-27-17-19)30(14-13-29-11-3-4-12-29)22(32)8-15-33-16-9-23(24,25)26/h5,7,10,17-18H,2-4,6,8-9,11-16H2,1H3. The summed E-state index contributed by atoms with van der Waals surface area (Å²) in [6, 6.07) is 3.75. The first-order valence-corrected chi connectivity index (χ1v) is 12.7. The first-order chi connectivity index (χ1) is 15.9. The van der Waals surface area contributed by atoms with Gasteiger partial charge in [-0.1, -0.05) is 13.3 Å². The van der Waals surface area contributed by atoms with Gasteiger partial charge < -0.3 is 9.80 Å². The highest BCUT2D eigenvalue weighted by Crippen LogP contribution is 2.26. The van der Waals surface area contributed by atoms with Gasteiger partial charge in [-0.15, -0.1) is 0 Å². The number of alkyl halides is 3. The Morgan fingerprint density at radius 2 is 2.03 bits per heavy atom. The number of thioether (sulfide) groups is 1. The Morgan fingerprint density at radius 3 is 2.70 bits per heavy atom. The van der Waals surface area contributed by atoms with Gasteiger partial charge in [0.1, 0.15) is 0 Å². The lowest BCUT2D eigenvalue weighted by Crippen LogP contribution is -2.38. The van der Waals surface area contributed by atoms with E-state index in [0.717, 1.165) is 49.5 Å². The number of aryl methyl sites for hydroxylation is 1. The Kier molecular flexibility index (Phi) is 9.61. The van der Waals surface area contributed by atoms with Crippen molar-refractivity contribution in [1.29, 1.82) is 0 Å². The molecule has 3 heterocycles. The van der Waals surface area contributed by atoms with E-state index in [4.69, 9.17) is 5.10 Å². The molecular formula is C23H32F3N5OS. The van der Waals surface area contributed by atoms with Crippen LogP contribution in [0, 0.1) is 0 Å². The van der Waals surface area contributed by atoms with Crippen LogP contribution in [0.5, 0.6) is 0 Å². The van der Waals surface area contributed by atoms with Crippen molar-refractivity contribution in [1.82, 2.24) is 19.7 Å². The first kappa shape index (κ1) is 25.6. The highest BCUT2D eigenvalue weighted by atomic mass is 32.2. The molecule has 1 amide bonds. The fraction of sp³-hybridized carbons (Fsp3) is 0.609. The molecule has 0 atom stereocenters. The van der Waals surface area contributed by atoms with Gasteiger partial charge in [-0.25, -0.2) is 4.68 Å². The zero-order valence-electron chi connectivity index (χ0n) is 19.1. The second-order valence-electron chi connectivity index (χ2n) is 8.19. The number of hydrogen-bond acceptors (Lipinski definition) is 5. The van der Waals surface area contributed by atoms with E-state index in [-0.39, 0.29) is 18.1 Å². The Labute approximate surface area is 197 Å². The van der Waals surface area contributed by atoms with Crippen LogP contribution in [-0.2, 0) is 11.2 Å². The second-order valence-corrected chi connectivity index (χ2v) is 9.41. The van der Waals surface area contributed by atoms with E-state index in [2.05, 4.69) is 16.8 Å². The number of pyridine rings is 1. The molecule has 10 heteroatoms. The van der Waals surface area contributed by atoms with Gasteiger partial charge >= 0.3 is 6.18 Å². The number of nitrogens with zero attached hydrogens (tertiary/aromatic N) is 5. The van der Waals surface area contributed by atoms with E-state index >= 15 is 0 Å². The third-order valence-corrected chi connectivity index (χ3v) is 6.57. The van der Waals surface area contributed by atoms with Crippen molar-refractivity contribution >= 4 is 23.4 Å². The van der Waals surface area contributed by atoms with Gasteiger partial charge in [0.25, 0.3) is 0 Å². The monoisotopic (exact) mass is 483 g/mol. The molecule has 1 aliphatic heterocycles. The molecule has 0 aromatic carbocycles. The van der Waals surface area contributed by atoms with Crippen LogP contribution in [0.25, 0.3) is 5.69 Å². The molecule has 0 unspecified atom stereocenters. The summed E-state index contributed by atoms with van der Waals surface area (Å²) in [7, 11) is 0. The molecule has 1 fully saturated rings. The molecule has 3 rings (SSSR count). The summed E-state index contributed by atoms with van der Waals surface area (Å²) >= 11 is 1.17. The number of anilines is 1. The fourth-order valence-corrected chi connectivity index (χ4v) is 4.77. The van der Waals surface area contributed by atoms with Crippen LogP contribution in [0.3, 0.4) is 0 Å². The maximum absolute atomic E-state index is 13.2. The summed E-state index contributed by atoms with van der Waals surface area (Å²) in [6.45, 7) is 5.46. The van der Waals surface area contributed by atoms with Crippen LogP contribution in [0.4, 0.5) is 18.9 Å². The number of carbonyl (C=O) groups is 1. The van der Waals surface area contributed by atoms with E-state index < -0.39 is 12.6 Å². The van der Waals surface area contributed by atoms with Crippen molar-refractivity contribution in [3.8, 4) is 5.69 Å². The molecule has 2 aromatic rings. The van der Waals surface area contributed by atoms with Gasteiger partial charge in [0.2, 0.25) is 5.91 Å². The summed E-state index contributed by atoms with van der Waals surface area (Å²) in [4.78, 5) is 21.5. The number of carbonyl (C=O) groups excluding carboxylic acids is 1. The summed E-state index contributed by atoms with van der Waals surface area (Å²) in [5.41, 5.74) is 2.45. The molecule has 182 valence electrons. The predicted octanol–water partition coefficient (Wildman–Crippen LogP) is 4.72. The molecular weight excluding hydrogens is 451 g/mol. The molecule has 0 bridgehead atoms. The highest BCUT2D eigenvalue weighted by Gasteiger charge is 2.27. The van der Waals surface area contributed by atoms with Crippen LogP contribution in [-0.4, -0.2) is 69.4 Å². The molecule has 1 aliphatic rings. The van der Waals surface area contributed by atoms with Crippen molar-refractivity contribution < 1.29 is 18.0 Å². The van der Waals surface area contributed by atoms with Gasteiger partial charge in [0.15, 0.2) is 0 Å². The average molecular weight is 484 g/mol. The molecule has 2 aromatic heterocycles. The van der Waals surface area contributed by atoms with Crippen LogP contribution in [0.2, 0.25) is 0 Å². The molecule has 0 aliphatic carbocycles. The lowest BCUT2D eigenvalue weighted by atomic mass is 10.2. The lowest BCUT2D eigenvalue weighted by Gasteiger charge is -2.25. The fourth-order valence-electron chi connectivity index (χ4n) is 3.87. The van der Waals surface area contributed by atoms with Crippen molar-refractivity contribution in [2.75, 3.05) is 42.6 Å². The molecule has 33 heavy (non-hydrogen) atoms. The van der Waals surface area contributed by atoms with Gasteiger partial charge in [0.05, 0.1) is 35.9 Å². The maximum atomic E-state index is 13.2. The molecule has 1 saturated heterocycles. The topological polar surface area (TPSA) is 54.3 Å². The van der Waals surface area contributed by atoms with E-state index in [9.17, 15) is 18.0 Å². The van der Waals surface area contributed by atoms with Crippen LogP contribution < -0.4 is 4.90 Å². The third kappa shape index (κ3) is 8.03. The zero-order valence-corrected chi connectivity index (χ0v) is 19.9. The van der Waals surface area contributed by atoms with Gasteiger partial charge in [-0.3, -0.25) is 9.78 Å². The zero-order chi connectivity index (χ0) is 23.7. The Balaban J connectivity index is 1.74. The van der Waals surface area contributed by atoms with E-state index in [0.29, 0.717) is 12.3 Å². The van der Waals surface area contributed by atoms with Gasteiger partial charge in [-0.2, -0.15) is 30.0 Å². The molecule has 0 radical (unpaired) electrons. The maximum Gasteiger partial charge on any atom is 0.389 e. The lowest BCUT2D eigenvalue weighted by molar-refractivity contribution is -0.129. The van der Waals surface area contributed by atoms with Gasteiger partial charge in [-0.05, 0) is 44.5 Å². The SMILES string of the molecule is CCCc1nn(-c2cccnc2)cc1N(CCN1CCCC1)C(=O)CCSCCC(F)(F)F. The van der Waals surface area contributed by atoms with Crippen molar-refractivity contribution in [3.63, 3.8) is 0 Å². The minimum absolute atomic E-state index is 0.0232. The molecule has 0 N–H and O–H groups in total. The van der Waals surface area contributed by atoms with E-state index in [1.165, 1.54) is 24.6 Å². The van der Waals surface area contributed by atoms with Crippen molar-refractivity contribution in [3.05, 3.63) is 36.4 Å². The molecule has 0 spiro atoms. The van der Waals surface area contributed by atoms with Crippen molar-refractivity contribution in [2.24, 2.45) is 0 Å². The normalized spacial score (nSPS) is 14.7. The number of rotatable bonds is 12.